The number of hydrogen-bond acceptors (Lipinski definition) is 2. The van der Waals surface area contributed by atoms with E-state index in [4.69, 9.17) is 9.98 Å². The fraction of sp³-hybridized carbons (Fsp3) is 0.786. The molecule has 0 aromatic heterocycles. The second-order valence-electron chi connectivity index (χ2n) is 27.1. The van der Waals surface area contributed by atoms with Gasteiger partial charge < -0.3 is 0 Å². The van der Waals surface area contributed by atoms with Crippen LogP contribution in [0.25, 0.3) is 0 Å². The van der Waals surface area contributed by atoms with E-state index in [1.165, 1.54) is 376 Å². The monoisotopic (exact) mass is 1240 g/mol. The maximum absolute atomic E-state index is 5.58. The van der Waals surface area contributed by atoms with Crippen molar-refractivity contribution in [3.05, 3.63) is 84.0 Å². The first-order valence-electron chi connectivity index (χ1n) is 39.3. The van der Waals surface area contributed by atoms with Gasteiger partial charge in [0.05, 0.1) is 22.8 Å². The molecule has 0 aliphatic heterocycles. The molecule has 0 aliphatic carbocycles. The largest absolute Gasteiger partial charge is 0.251 e. The molecule has 0 saturated heterocycles. The molecule has 0 fully saturated rings. The predicted molar refractivity (Wildman–Crippen MR) is 392 cm³/mol. The number of benzene rings is 2. The number of hydrogen-bond donors (Lipinski definition) is 0. The van der Waals surface area contributed by atoms with Crippen molar-refractivity contribution < 1.29 is 16.5 Å². The molecule has 2 rings (SSSR count). The second kappa shape index (κ2) is 68.1. The minimum atomic E-state index is 0. The number of nitrogens with zero attached hydrogens (tertiary/aromatic N) is 2. The molecule has 0 aliphatic rings. The third-order valence-corrected chi connectivity index (χ3v) is 18.8. The van der Waals surface area contributed by atoms with E-state index in [2.05, 4.69) is 101 Å². The predicted octanol–water partition coefficient (Wildman–Crippen LogP) is 30.2. The van der Waals surface area contributed by atoms with Gasteiger partial charge in [-0.2, -0.15) is 0 Å². The summed E-state index contributed by atoms with van der Waals surface area (Å²) in [4.78, 5) is 11.1. The van der Waals surface area contributed by atoms with E-state index in [1.807, 2.05) is 0 Å². The van der Waals surface area contributed by atoms with E-state index < -0.39 is 0 Å². The van der Waals surface area contributed by atoms with Crippen molar-refractivity contribution in [2.45, 2.75) is 426 Å². The van der Waals surface area contributed by atoms with Gasteiger partial charge in [-0.25, -0.2) is 0 Å². The fourth-order valence-corrected chi connectivity index (χ4v) is 12.9. The first kappa shape index (κ1) is 82.8. The van der Waals surface area contributed by atoms with Crippen LogP contribution < -0.4 is 0 Å². The maximum Gasteiger partial charge on any atom is 0.0665 e. The Kier molecular flexibility index (Phi) is 64.8. The topological polar surface area (TPSA) is 24.7 Å². The van der Waals surface area contributed by atoms with Crippen molar-refractivity contribution in [2.75, 3.05) is 0 Å². The third kappa shape index (κ3) is 54.1. The average molecular weight is 1240 g/mol. The van der Waals surface area contributed by atoms with Gasteiger partial charge in [0.25, 0.3) is 0 Å². The van der Waals surface area contributed by atoms with Crippen molar-refractivity contribution in [3.8, 4) is 0 Å². The zero-order valence-corrected chi connectivity index (χ0v) is 60.0. The van der Waals surface area contributed by atoms with Gasteiger partial charge in [-0.15, -0.1) is 0 Å². The molecule has 0 amide bonds. The first-order valence-corrected chi connectivity index (χ1v) is 39.3. The maximum atomic E-state index is 5.58. The molecule has 0 saturated carbocycles. The number of aryl methyl sites for hydroxylation is 2. The number of para-hydroxylation sites is 2. The Morgan fingerprint density at radius 3 is 0.713 bits per heavy atom. The van der Waals surface area contributed by atoms with Gasteiger partial charge in [-0.3, -0.25) is 9.98 Å². The molecule has 2 aromatic carbocycles. The summed E-state index contributed by atoms with van der Waals surface area (Å²) < 4.78 is 0. The van der Waals surface area contributed by atoms with Crippen LogP contribution >= 0.6 is 0 Å². The zero-order chi connectivity index (χ0) is 61.2. The Morgan fingerprint density at radius 1 is 0.241 bits per heavy atom. The average Bonchev–Trinajstić information content (AvgIpc) is 3.73. The molecular formula is C84H148N2Ni. The van der Waals surface area contributed by atoms with E-state index in [-0.39, 0.29) is 16.5 Å². The molecule has 0 heterocycles. The summed E-state index contributed by atoms with van der Waals surface area (Å²) in [6.07, 6.45) is 95.1. The van der Waals surface area contributed by atoms with E-state index in [1.54, 1.807) is 0 Å². The van der Waals surface area contributed by atoms with E-state index in [0.29, 0.717) is 0 Å². The minimum absolute atomic E-state index is 0. The smallest absolute Gasteiger partial charge is 0.0665 e. The molecule has 0 bridgehead atoms. The van der Waals surface area contributed by atoms with Gasteiger partial charge in [-0.1, -0.05) is 397 Å². The van der Waals surface area contributed by atoms with Crippen LogP contribution in [0.1, 0.15) is 424 Å². The van der Waals surface area contributed by atoms with Crippen molar-refractivity contribution in [3.63, 3.8) is 0 Å². The molecule has 87 heavy (non-hydrogen) atoms. The van der Waals surface area contributed by atoms with E-state index >= 15 is 0 Å². The van der Waals surface area contributed by atoms with Gasteiger partial charge in [0, 0.05) is 16.5 Å². The minimum Gasteiger partial charge on any atom is -0.251 e. The van der Waals surface area contributed by atoms with Crippen LogP contribution in [0.2, 0.25) is 0 Å². The fourth-order valence-electron chi connectivity index (χ4n) is 12.9. The molecule has 2 nitrogen and oxygen atoms in total. The molecule has 0 N–H and O–H groups in total. The molecule has 0 unspecified atom stereocenters. The Hall–Kier alpha value is -2.25. The number of unbranched alkanes of at least 4 members (excludes halogenated alkanes) is 52. The van der Waals surface area contributed by atoms with Crippen LogP contribution in [-0.4, -0.2) is 11.4 Å². The quantitative estimate of drug-likeness (QED) is 0.0273. The summed E-state index contributed by atoms with van der Waals surface area (Å²) in [5.74, 6) is 0. The number of allylic oxidation sites excluding steroid dienone is 4. The normalized spacial score (nSPS) is 12.2. The number of aliphatic imine (C=N–C) groups is 2. The molecule has 2 aromatic rings. The van der Waals surface area contributed by atoms with Crippen LogP contribution in [0.5, 0.6) is 0 Å². The first-order chi connectivity index (χ1) is 42.7. The van der Waals surface area contributed by atoms with E-state index in [9.17, 15) is 0 Å². The van der Waals surface area contributed by atoms with Crippen molar-refractivity contribution in [2.24, 2.45) is 9.98 Å². The Balaban J connectivity index is 0.0000378. The molecule has 0 spiro atoms. The van der Waals surface area contributed by atoms with Crippen LogP contribution in [-0.2, 0) is 29.3 Å². The SMILES string of the molecule is CCCCCCCCCCCCCCCCCCCCCCCCCC=CCCCc1ccccc1N=C(CCCC)C(CCCCCC)=Nc1ccccc1CCCC=CCCCCCCCCCCCCCCCCCCCCCCCCC.[Ni]. The van der Waals surface area contributed by atoms with Gasteiger partial charge in [0.2, 0.25) is 0 Å². The van der Waals surface area contributed by atoms with Gasteiger partial charge in [-0.05, 0) is 113 Å². The van der Waals surface area contributed by atoms with Crippen molar-refractivity contribution in [1.29, 1.82) is 0 Å². The standard InChI is InChI=1S/C84H148N2.Ni/c1-5-9-13-16-18-20-22-24-26-28-30-32-34-36-38-40-42-44-46-48-50-52-54-56-58-60-62-64-71-79-73-67-69-76-81(79)85-83(75-12-8-4)84(78-66-15-11-7-3)86-82-77-70-68-74-80(82)72-65-63-61-59-57-55-53-51-49-47-45-43-41-39-37-35-33-31-29-27-25-23-21-19-17-14-10-6-2;/h58-61,67-70,73-74,76-77H,5-57,62-66,71-72,75,78H2,1-4H3;. The Bertz CT molecular complexity index is 1820. The van der Waals surface area contributed by atoms with Crippen molar-refractivity contribution >= 4 is 22.8 Å². The summed E-state index contributed by atoms with van der Waals surface area (Å²) in [6.45, 7) is 9.25. The number of rotatable bonds is 67. The second-order valence-corrected chi connectivity index (χ2v) is 27.1. The van der Waals surface area contributed by atoms with E-state index in [0.717, 1.165) is 56.3 Å². The summed E-state index contributed by atoms with van der Waals surface area (Å²) in [5, 5.41) is 0. The summed E-state index contributed by atoms with van der Waals surface area (Å²) >= 11 is 0. The summed E-state index contributed by atoms with van der Waals surface area (Å²) in [5.41, 5.74) is 7.53. The summed E-state index contributed by atoms with van der Waals surface area (Å²) in [6, 6.07) is 18.0. The Morgan fingerprint density at radius 2 is 0.448 bits per heavy atom. The van der Waals surface area contributed by atoms with Gasteiger partial charge >= 0.3 is 0 Å². The molecule has 504 valence electrons. The molecule has 0 atom stereocenters. The van der Waals surface area contributed by atoms with Crippen LogP contribution in [0, 0.1) is 0 Å². The van der Waals surface area contributed by atoms with Gasteiger partial charge in [0.15, 0.2) is 0 Å². The van der Waals surface area contributed by atoms with Crippen LogP contribution in [0.15, 0.2) is 82.8 Å². The van der Waals surface area contributed by atoms with Gasteiger partial charge in [0.1, 0.15) is 0 Å². The molecule has 3 heteroatoms. The Labute approximate surface area is 555 Å². The van der Waals surface area contributed by atoms with Crippen molar-refractivity contribution in [1.82, 2.24) is 0 Å². The zero-order valence-electron chi connectivity index (χ0n) is 59.0. The van der Waals surface area contributed by atoms with Crippen LogP contribution in [0.4, 0.5) is 11.4 Å². The molecular weight excluding hydrogens is 1100 g/mol. The molecule has 0 radical (unpaired) electrons. The third-order valence-electron chi connectivity index (χ3n) is 18.8. The summed E-state index contributed by atoms with van der Waals surface area (Å²) in [7, 11) is 0. The van der Waals surface area contributed by atoms with Crippen LogP contribution in [0.3, 0.4) is 0 Å².